The number of fused-ring (bicyclic) bond motifs is 2. The van der Waals surface area contributed by atoms with Gasteiger partial charge in [-0.2, -0.15) is 0 Å². The predicted octanol–water partition coefficient (Wildman–Crippen LogP) is 3.40. The summed E-state index contributed by atoms with van der Waals surface area (Å²) in [4.78, 5) is 69.1. The third kappa shape index (κ3) is 4.99. The molecular weight excluding hydrogens is 536 g/mol. The van der Waals surface area contributed by atoms with Crippen molar-refractivity contribution in [1.82, 2.24) is 25.4 Å². The van der Waals surface area contributed by atoms with Crippen molar-refractivity contribution < 1.29 is 24.0 Å². The Labute approximate surface area is 243 Å². The van der Waals surface area contributed by atoms with Gasteiger partial charge in [0, 0.05) is 54.8 Å². The summed E-state index contributed by atoms with van der Waals surface area (Å²) in [6, 6.07) is 10.6. The van der Waals surface area contributed by atoms with Gasteiger partial charge in [0.25, 0.3) is 11.8 Å². The highest BCUT2D eigenvalue weighted by molar-refractivity contribution is 6.05. The minimum Gasteiger partial charge on any atom is -0.350 e. The summed E-state index contributed by atoms with van der Waals surface area (Å²) in [5.74, 6) is -0.670. The second-order valence-corrected chi connectivity index (χ2v) is 11.3. The number of carbonyl (C=O) groups is 5. The van der Waals surface area contributed by atoms with Crippen LogP contribution in [0.5, 0.6) is 0 Å². The number of aromatic nitrogens is 1. The van der Waals surface area contributed by atoms with E-state index < -0.39 is 11.9 Å². The van der Waals surface area contributed by atoms with Gasteiger partial charge in [0.05, 0.1) is 0 Å². The highest BCUT2D eigenvalue weighted by atomic mass is 16.2. The Morgan fingerprint density at radius 2 is 1.81 bits per heavy atom. The smallest absolute Gasteiger partial charge is 0.319 e. The van der Waals surface area contributed by atoms with E-state index in [1.807, 2.05) is 49.1 Å². The van der Waals surface area contributed by atoms with E-state index in [0.717, 1.165) is 40.4 Å². The number of anilines is 1. The van der Waals surface area contributed by atoms with Gasteiger partial charge < -0.3 is 25.4 Å². The van der Waals surface area contributed by atoms with Crippen molar-refractivity contribution >= 4 is 46.3 Å². The number of carbonyl (C=O) groups excluding carboxylic acids is 5. The van der Waals surface area contributed by atoms with Gasteiger partial charge in [0.1, 0.15) is 11.7 Å². The summed E-state index contributed by atoms with van der Waals surface area (Å²) in [5, 5.41) is 8.79. The number of benzene rings is 2. The van der Waals surface area contributed by atoms with Crippen molar-refractivity contribution in [3.05, 3.63) is 64.3 Å². The van der Waals surface area contributed by atoms with Crippen LogP contribution in [0, 0.1) is 6.92 Å². The number of amides is 6. The van der Waals surface area contributed by atoms with Crippen molar-refractivity contribution in [2.24, 2.45) is 0 Å². The lowest BCUT2D eigenvalue weighted by Gasteiger charge is -2.32. The van der Waals surface area contributed by atoms with Crippen LogP contribution in [0.1, 0.15) is 76.1 Å². The second-order valence-electron chi connectivity index (χ2n) is 11.3. The summed E-state index contributed by atoms with van der Waals surface area (Å²) in [7, 11) is 0. The normalized spacial score (nSPS) is 19.2. The molecule has 11 heteroatoms. The third-order valence-electron chi connectivity index (χ3n) is 8.67. The Morgan fingerprint density at radius 1 is 1.02 bits per heavy atom. The van der Waals surface area contributed by atoms with E-state index in [2.05, 4.69) is 27.0 Å². The maximum atomic E-state index is 13.5. The molecule has 3 aliphatic rings. The Balaban J connectivity index is 1.11. The summed E-state index contributed by atoms with van der Waals surface area (Å²) >= 11 is 0. The topological polar surface area (TPSA) is 144 Å². The second kappa shape index (κ2) is 11.0. The monoisotopic (exact) mass is 570 g/mol. The molecule has 1 unspecified atom stereocenters. The number of nitrogens with one attached hydrogen (secondary N) is 4. The highest BCUT2D eigenvalue weighted by Crippen LogP contribution is 2.34. The lowest BCUT2D eigenvalue weighted by molar-refractivity contribution is -0.136. The van der Waals surface area contributed by atoms with Crippen molar-refractivity contribution in [1.29, 1.82) is 0 Å². The molecular formula is C31H34N6O5. The zero-order valence-electron chi connectivity index (χ0n) is 23.7. The summed E-state index contributed by atoms with van der Waals surface area (Å²) < 4.78 is 0. The first-order valence-electron chi connectivity index (χ1n) is 14.5. The zero-order chi connectivity index (χ0) is 29.5. The maximum Gasteiger partial charge on any atom is 0.319 e. The number of rotatable bonds is 5. The van der Waals surface area contributed by atoms with E-state index in [1.54, 1.807) is 4.90 Å². The lowest BCUT2D eigenvalue weighted by atomic mass is 9.87. The molecule has 4 N–H and O–H groups in total. The van der Waals surface area contributed by atoms with E-state index in [0.29, 0.717) is 49.5 Å². The average molecular weight is 571 g/mol. The van der Waals surface area contributed by atoms with Crippen molar-refractivity contribution in [3.8, 4) is 0 Å². The molecule has 2 fully saturated rings. The fraction of sp³-hybridized carbons (Fsp3) is 0.387. The van der Waals surface area contributed by atoms with Gasteiger partial charge in [-0.05, 0) is 73.9 Å². The number of urea groups is 1. The number of imide groups is 1. The van der Waals surface area contributed by atoms with Gasteiger partial charge in [-0.25, -0.2) is 4.79 Å². The van der Waals surface area contributed by atoms with Gasteiger partial charge in [0.2, 0.25) is 11.8 Å². The fourth-order valence-electron chi connectivity index (χ4n) is 6.39. The lowest BCUT2D eigenvalue weighted by Crippen LogP contribution is -2.52. The minimum absolute atomic E-state index is 0.0418. The molecule has 1 aromatic heterocycles. The van der Waals surface area contributed by atoms with Crippen LogP contribution < -0.4 is 16.0 Å². The number of hydrogen-bond acceptors (Lipinski definition) is 5. The Hall–Kier alpha value is -4.67. The van der Waals surface area contributed by atoms with Crippen LogP contribution in [-0.2, 0) is 16.1 Å². The Morgan fingerprint density at radius 3 is 2.55 bits per heavy atom. The van der Waals surface area contributed by atoms with E-state index in [1.165, 1.54) is 0 Å². The third-order valence-corrected chi connectivity index (χ3v) is 8.67. The summed E-state index contributed by atoms with van der Waals surface area (Å²) in [5.41, 5.74) is 5.51. The number of aryl methyl sites for hydroxylation is 1. The molecule has 0 spiro atoms. The van der Waals surface area contributed by atoms with E-state index in [4.69, 9.17) is 0 Å². The summed E-state index contributed by atoms with van der Waals surface area (Å²) in [6.07, 6.45) is 2.17. The number of likely N-dealkylation sites (tertiary alicyclic amines) is 1. The minimum atomic E-state index is -0.628. The maximum absolute atomic E-state index is 13.5. The van der Waals surface area contributed by atoms with Crippen molar-refractivity contribution in [2.45, 2.75) is 58.0 Å². The fourth-order valence-corrected chi connectivity index (χ4v) is 6.39. The number of piperidine rings is 2. The van der Waals surface area contributed by atoms with Crippen molar-refractivity contribution in [2.75, 3.05) is 25.0 Å². The SMILES string of the molecule is CCNC(=O)Nc1ccc2c(C)c(C(=O)N3CCC(c4ccc5c(c4)CN(C4CCC(=O)NC4=O)C5=O)CC3)[nH]c2c1. The molecule has 4 heterocycles. The van der Waals surface area contributed by atoms with Gasteiger partial charge in [-0.3, -0.25) is 24.5 Å². The molecule has 11 nitrogen and oxygen atoms in total. The first kappa shape index (κ1) is 27.5. The molecule has 6 amide bonds. The van der Waals surface area contributed by atoms with Gasteiger partial charge >= 0.3 is 6.03 Å². The largest absolute Gasteiger partial charge is 0.350 e. The Bertz CT molecular complexity index is 1620. The van der Waals surface area contributed by atoms with Gasteiger partial charge in [-0.15, -0.1) is 0 Å². The molecule has 0 bridgehead atoms. The van der Waals surface area contributed by atoms with Crippen LogP contribution in [0.15, 0.2) is 36.4 Å². The van der Waals surface area contributed by atoms with Gasteiger partial charge in [0.15, 0.2) is 0 Å². The van der Waals surface area contributed by atoms with Crippen molar-refractivity contribution in [3.63, 3.8) is 0 Å². The molecule has 0 radical (unpaired) electrons. The van der Waals surface area contributed by atoms with Crippen LogP contribution in [0.3, 0.4) is 0 Å². The quantitative estimate of drug-likeness (QED) is 0.348. The molecule has 1 atom stereocenters. The first-order valence-corrected chi connectivity index (χ1v) is 14.5. The molecule has 0 saturated carbocycles. The average Bonchev–Trinajstić information content (AvgIpc) is 3.48. The molecule has 2 aromatic carbocycles. The zero-order valence-corrected chi connectivity index (χ0v) is 23.7. The molecule has 2 saturated heterocycles. The molecule has 0 aliphatic carbocycles. The van der Waals surface area contributed by atoms with Crippen LogP contribution in [-0.4, -0.2) is 70.1 Å². The summed E-state index contributed by atoms with van der Waals surface area (Å²) in [6.45, 7) is 5.89. The number of hydrogen-bond donors (Lipinski definition) is 4. The molecule has 42 heavy (non-hydrogen) atoms. The molecule has 3 aliphatic heterocycles. The highest BCUT2D eigenvalue weighted by Gasteiger charge is 2.39. The van der Waals surface area contributed by atoms with Crippen LogP contribution >= 0.6 is 0 Å². The first-order chi connectivity index (χ1) is 20.2. The molecule has 218 valence electrons. The van der Waals surface area contributed by atoms with E-state index in [-0.39, 0.29) is 36.1 Å². The standard InChI is InChI=1S/C31H34N6O5/c1-3-32-31(42)33-21-5-7-22-17(2)27(34-24(22)15-21)30(41)36-12-10-18(11-13-36)19-4-6-23-20(14-19)16-37(29(23)40)25-8-9-26(38)35-28(25)39/h4-7,14-15,18,25,34H,3,8-13,16H2,1-2H3,(H2,32,33,42)(H,35,38,39). The number of nitrogens with zero attached hydrogens (tertiary/aromatic N) is 2. The molecule has 3 aromatic rings. The predicted molar refractivity (Wildman–Crippen MR) is 156 cm³/mol. The van der Waals surface area contributed by atoms with Gasteiger partial charge in [-0.1, -0.05) is 18.2 Å². The molecule has 6 rings (SSSR count). The van der Waals surface area contributed by atoms with Crippen LogP contribution in [0.25, 0.3) is 10.9 Å². The number of H-pyrrole nitrogens is 1. The Kier molecular flexibility index (Phi) is 7.17. The van der Waals surface area contributed by atoms with Crippen LogP contribution in [0.4, 0.5) is 10.5 Å². The number of aromatic amines is 1. The van der Waals surface area contributed by atoms with E-state index in [9.17, 15) is 24.0 Å². The van der Waals surface area contributed by atoms with Crippen LogP contribution in [0.2, 0.25) is 0 Å². The van der Waals surface area contributed by atoms with E-state index >= 15 is 0 Å².